The number of aryl methyl sites for hydroxylation is 1. The highest BCUT2D eigenvalue weighted by Crippen LogP contribution is 2.42. The molecule has 6 rings (SSSR count). The van der Waals surface area contributed by atoms with Gasteiger partial charge in [-0.2, -0.15) is 10.2 Å². The molecule has 0 spiro atoms. The Labute approximate surface area is 197 Å². The molecule has 4 N–H and O–H groups in total. The molecule has 1 aromatic carbocycles. The quantitative estimate of drug-likeness (QED) is 0.403. The van der Waals surface area contributed by atoms with E-state index in [9.17, 15) is 9.50 Å². The highest BCUT2D eigenvalue weighted by atomic mass is 35.5. The number of anilines is 1. The second kappa shape index (κ2) is 7.49. The zero-order valence-corrected chi connectivity index (χ0v) is 19.1. The number of aliphatic hydroxyl groups excluding tert-OH is 1. The van der Waals surface area contributed by atoms with Gasteiger partial charge in [-0.25, -0.2) is 14.4 Å². The zero-order chi connectivity index (χ0) is 23.0. The molecule has 0 unspecified atom stereocenters. The largest absolute Gasteiger partial charge is 0.390 e. The first-order valence-corrected chi connectivity index (χ1v) is 11.5. The van der Waals surface area contributed by atoms with Gasteiger partial charge >= 0.3 is 0 Å². The standard InChI is InChI=1S/C21H21Cl2FN8O/c1-31-19(23)14-11(30-31)4-3-9(15(14)22)17-18-20(29-28-17)27-21(12(7-33)26-18)32-8-2-5-13(32)16(24)10(25)6-8/h3-4,8,10,13,16,33H,2,5-7,25H2,1H3,(H,27,28,29)/t8-,10-,13-,16-/m0/s1. The fraction of sp³-hybridized carbons (Fsp3) is 0.429. The molecule has 0 saturated carbocycles. The van der Waals surface area contributed by atoms with Gasteiger partial charge in [-0.1, -0.05) is 23.2 Å². The van der Waals surface area contributed by atoms with E-state index in [4.69, 9.17) is 33.9 Å². The van der Waals surface area contributed by atoms with Crippen LogP contribution < -0.4 is 10.6 Å². The molecule has 2 aliphatic heterocycles. The van der Waals surface area contributed by atoms with Crippen molar-refractivity contribution in [2.45, 2.75) is 50.2 Å². The Morgan fingerprint density at radius 1 is 1.27 bits per heavy atom. The molecule has 4 atom stereocenters. The predicted octanol–water partition coefficient (Wildman–Crippen LogP) is 3.11. The van der Waals surface area contributed by atoms with E-state index >= 15 is 0 Å². The van der Waals surface area contributed by atoms with E-state index in [0.29, 0.717) is 67.9 Å². The van der Waals surface area contributed by atoms with Gasteiger partial charge in [-0.05, 0) is 31.4 Å². The summed E-state index contributed by atoms with van der Waals surface area (Å²) in [4.78, 5) is 11.3. The summed E-state index contributed by atoms with van der Waals surface area (Å²) < 4.78 is 16.4. The summed E-state index contributed by atoms with van der Waals surface area (Å²) >= 11 is 13.1. The number of aliphatic hydroxyl groups is 1. The number of piperidine rings is 1. The Morgan fingerprint density at radius 2 is 2.09 bits per heavy atom. The van der Waals surface area contributed by atoms with Gasteiger partial charge in [0, 0.05) is 24.7 Å². The minimum Gasteiger partial charge on any atom is -0.390 e. The Morgan fingerprint density at radius 3 is 2.88 bits per heavy atom. The maximum absolute atomic E-state index is 14.9. The number of alkyl halides is 1. The number of nitrogens with one attached hydrogen (secondary N) is 1. The minimum atomic E-state index is -1.16. The number of fused-ring (bicyclic) bond motifs is 4. The number of hydrogen-bond donors (Lipinski definition) is 3. The number of rotatable bonds is 3. The number of nitrogens with two attached hydrogens (primary N) is 1. The van der Waals surface area contributed by atoms with Crippen LogP contribution in [0.4, 0.5) is 10.2 Å². The Kier molecular flexibility index (Phi) is 4.77. The molecule has 172 valence electrons. The van der Waals surface area contributed by atoms with E-state index < -0.39 is 12.2 Å². The van der Waals surface area contributed by atoms with Crippen LogP contribution >= 0.6 is 23.2 Å². The summed E-state index contributed by atoms with van der Waals surface area (Å²) in [5.74, 6) is 0.460. The second-order valence-corrected chi connectivity index (χ2v) is 9.44. The summed E-state index contributed by atoms with van der Waals surface area (Å²) in [7, 11) is 1.74. The Hall–Kier alpha value is -2.53. The first kappa shape index (κ1) is 21.0. The van der Waals surface area contributed by atoms with Crippen molar-refractivity contribution in [3.05, 3.63) is 28.0 Å². The number of aromatic amines is 1. The monoisotopic (exact) mass is 490 g/mol. The summed E-state index contributed by atoms with van der Waals surface area (Å²) in [6.07, 6.45) is 0.904. The molecule has 5 heterocycles. The van der Waals surface area contributed by atoms with Crippen LogP contribution in [0.5, 0.6) is 0 Å². The van der Waals surface area contributed by atoms with Crippen LogP contribution in [0.15, 0.2) is 12.1 Å². The molecule has 2 bridgehead atoms. The summed E-state index contributed by atoms with van der Waals surface area (Å²) in [6.45, 7) is -0.344. The van der Waals surface area contributed by atoms with Gasteiger partial charge in [0.25, 0.3) is 0 Å². The van der Waals surface area contributed by atoms with Crippen LogP contribution in [0, 0.1) is 0 Å². The average molecular weight is 491 g/mol. The van der Waals surface area contributed by atoms with E-state index in [1.54, 1.807) is 11.7 Å². The van der Waals surface area contributed by atoms with Crippen LogP contribution in [-0.4, -0.2) is 59.3 Å². The van der Waals surface area contributed by atoms with Crippen molar-refractivity contribution in [3.8, 4) is 11.3 Å². The van der Waals surface area contributed by atoms with Gasteiger partial charge in [-0.15, -0.1) is 0 Å². The number of hydrogen-bond acceptors (Lipinski definition) is 7. The number of H-pyrrole nitrogens is 1. The number of aromatic nitrogens is 6. The molecule has 0 aliphatic carbocycles. The van der Waals surface area contributed by atoms with Crippen molar-refractivity contribution in [2.24, 2.45) is 12.8 Å². The first-order chi connectivity index (χ1) is 15.9. The molecule has 2 saturated heterocycles. The van der Waals surface area contributed by atoms with Crippen LogP contribution in [0.2, 0.25) is 10.2 Å². The molecular weight excluding hydrogens is 470 g/mol. The molecule has 12 heteroatoms. The molecule has 9 nitrogen and oxygen atoms in total. The summed E-state index contributed by atoms with van der Waals surface area (Å²) in [6, 6.07) is 2.84. The lowest BCUT2D eigenvalue weighted by Crippen LogP contribution is -2.56. The van der Waals surface area contributed by atoms with Crippen molar-refractivity contribution in [1.82, 2.24) is 29.9 Å². The third-order valence-electron chi connectivity index (χ3n) is 6.84. The summed E-state index contributed by atoms with van der Waals surface area (Å²) in [5, 5.41) is 23.2. The minimum absolute atomic E-state index is 0.0667. The molecule has 33 heavy (non-hydrogen) atoms. The molecule has 3 aromatic heterocycles. The van der Waals surface area contributed by atoms with Gasteiger partial charge < -0.3 is 15.7 Å². The predicted molar refractivity (Wildman–Crippen MR) is 124 cm³/mol. The van der Waals surface area contributed by atoms with E-state index in [1.165, 1.54) is 0 Å². The molecule has 2 aliphatic rings. The Bertz CT molecular complexity index is 1400. The highest BCUT2D eigenvalue weighted by molar-refractivity contribution is 6.43. The van der Waals surface area contributed by atoms with Crippen molar-refractivity contribution in [3.63, 3.8) is 0 Å². The Balaban J connectivity index is 1.49. The van der Waals surface area contributed by atoms with E-state index in [-0.39, 0.29) is 18.7 Å². The van der Waals surface area contributed by atoms with Gasteiger partial charge in [0.05, 0.1) is 34.3 Å². The van der Waals surface area contributed by atoms with Gasteiger partial charge in [0.2, 0.25) is 5.65 Å². The van der Waals surface area contributed by atoms with Crippen LogP contribution in [0.3, 0.4) is 0 Å². The molecule has 0 radical (unpaired) electrons. The number of nitrogens with zero attached hydrogens (tertiary/aromatic N) is 6. The molecule has 0 amide bonds. The SMILES string of the molecule is Cn1nc2ccc(-c3[nH]nc4nc(N5[C@H]6CC[C@H]5[C@@H](F)[C@@H](N)C6)c(CO)nc34)c(Cl)c2c1Cl. The molecular formula is C21H21Cl2FN8O. The van der Waals surface area contributed by atoms with Gasteiger partial charge in [-0.3, -0.25) is 9.78 Å². The van der Waals surface area contributed by atoms with Crippen molar-refractivity contribution in [2.75, 3.05) is 4.90 Å². The molecule has 4 aromatic rings. The van der Waals surface area contributed by atoms with Crippen molar-refractivity contribution in [1.29, 1.82) is 0 Å². The summed E-state index contributed by atoms with van der Waals surface area (Å²) in [5.41, 5.74) is 9.04. The highest BCUT2D eigenvalue weighted by Gasteiger charge is 2.48. The lowest BCUT2D eigenvalue weighted by Gasteiger charge is -2.41. The second-order valence-electron chi connectivity index (χ2n) is 8.71. The van der Waals surface area contributed by atoms with E-state index in [2.05, 4.69) is 20.3 Å². The van der Waals surface area contributed by atoms with Crippen molar-refractivity contribution < 1.29 is 9.50 Å². The maximum Gasteiger partial charge on any atom is 0.202 e. The van der Waals surface area contributed by atoms with Crippen LogP contribution in [0.1, 0.15) is 25.0 Å². The number of benzene rings is 1. The maximum atomic E-state index is 14.9. The molecule has 2 fully saturated rings. The third-order valence-corrected chi connectivity index (χ3v) is 7.66. The number of halogens is 3. The average Bonchev–Trinajstić information content (AvgIpc) is 3.45. The smallest absolute Gasteiger partial charge is 0.202 e. The third kappa shape index (κ3) is 2.97. The fourth-order valence-electron chi connectivity index (χ4n) is 5.28. The van der Waals surface area contributed by atoms with Gasteiger partial charge in [0.1, 0.15) is 22.5 Å². The van der Waals surface area contributed by atoms with E-state index in [0.717, 1.165) is 6.42 Å². The fourth-order valence-corrected chi connectivity index (χ4v) is 5.90. The van der Waals surface area contributed by atoms with Crippen LogP contribution in [-0.2, 0) is 13.7 Å². The van der Waals surface area contributed by atoms with E-state index in [1.807, 2.05) is 17.0 Å². The lowest BCUT2D eigenvalue weighted by molar-refractivity contribution is 0.202. The lowest BCUT2D eigenvalue weighted by atomic mass is 9.96. The first-order valence-electron chi connectivity index (χ1n) is 10.7. The zero-order valence-electron chi connectivity index (χ0n) is 17.6. The topological polar surface area (TPSA) is 122 Å². The van der Waals surface area contributed by atoms with Crippen molar-refractivity contribution >= 4 is 51.1 Å². The normalized spacial score (nSPS) is 25.0. The van der Waals surface area contributed by atoms with Crippen LogP contribution in [0.25, 0.3) is 33.3 Å². The van der Waals surface area contributed by atoms with Gasteiger partial charge in [0.15, 0.2) is 5.82 Å².